The highest BCUT2D eigenvalue weighted by Crippen LogP contribution is 2.27. The van der Waals surface area contributed by atoms with Gasteiger partial charge in [-0.15, -0.1) is 11.3 Å². The zero-order valence-corrected chi connectivity index (χ0v) is 16.0. The van der Waals surface area contributed by atoms with E-state index in [1.807, 2.05) is 13.8 Å². The van der Waals surface area contributed by atoms with E-state index in [0.29, 0.717) is 21.9 Å². The predicted molar refractivity (Wildman–Crippen MR) is 102 cm³/mol. The van der Waals surface area contributed by atoms with Gasteiger partial charge in [0.25, 0.3) is 11.8 Å². The second kappa shape index (κ2) is 8.77. The molecule has 0 spiro atoms. The number of carboxylic acids is 1. The first-order valence-electron chi connectivity index (χ1n) is 8.38. The SMILES string of the molecule is Cc1cc(NC(=O)c2cccc(F)c2)sc1C(=O)NC(CC(C)C)C(=O)O. The number of hydrogen-bond acceptors (Lipinski definition) is 4. The Balaban J connectivity index is 2.11. The van der Waals surface area contributed by atoms with Crippen LogP contribution < -0.4 is 10.6 Å². The molecule has 0 bridgehead atoms. The molecule has 2 amide bonds. The van der Waals surface area contributed by atoms with Gasteiger partial charge in [0.15, 0.2) is 0 Å². The second-order valence-electron chi connectivity index (χ2n) is 6.58. The molecule has 2 rings (SSSR count). The van der Waals surface area contributed by atoms with Gasteiger partial charge in [-0.05, 0) is 49.1 Å². The van der Waals surface area contributed by atoms with E-state index in [-0.39, 0.29) is 11.5 Å². The fourth-order valence-electron chi connectivity index (χ4n) is 2.50. The lowest BCUT2D eigenvalue weighted by atomic mass is 10.0. The van der Waals surface area contributed by atoms with Crippen molar-refractivity contribution in [3.05, 3.63) is 52.2 Å². The molecule has 0 aliphatic carbocycles. The molecule has 0 saturated carbocycles. The summed E-state index contributed by atoms with van der Waals surface area (Å²) < 4.78 is 13.2. The minimum Gasteiger partial charge on any atom is -0.480 e. The highest BCUT2D eigenvalue weighted by molar-refractivity contribution is 7.18. The van der Waals surface area contributed by atoms with Crippen LogP contribution in [0, 0.1) is 18.7 Å². The maximum Gasteiger partial charge on any atom is 0.326 e. The van der Waals surface area contributed by atoms with Crippen LogP contribution in [0.25, 0.3) is 0 Å². The molecule has 0 fully saturated rings. The number of anilines is 1. The summed E-state index contributed by atoms with van der Waals surface area (Å²) in [6.45, 7) is 5.44. The summed E-state index contributed by atoms with van der Waals surface area (Å²) in [6, 6.07) is 5.91. The van der Waals surface area contributed by atoms with Gasteiger partial charge in [-0.2, -0.15) is 0 Å². The van der Waals surface area contributed by atoms with Crippen LogP contribution in [0.3, 0.4) is 0 Å². The molecular weight excluding hydrogens is 371 g/mol. The largest absolute Gasteiger partial charge is 0.480 e. The third kappa shape index (κ3) is 5.62. The molecule has 1 atom stereocenters. The highest BCUT2D eigenvalue weighted by atomic mass is 32.1. The van der Waals surface area contributed by atoms with Crippen LogP contribution in [0.15, 0.2) is 30.3 Å². The first kappa shape index (κ1) is 20.6. The maximum atomic E-state index is 13.2. The van der Waals surface area contributed by atoms with Crippen LogP contribution in [0.4, 0.5) is 9.39 Å². The van der Waals surface area contributed by atoms with Crippen LogP contribution in [0.5, 0.6) is 0 Å². The van der Waals surface area contributed by atoms with Gasteiger partial charge in [0, 0.05) is 5.56 Å². The van der Waals surface area contributed by atoms with Gasteiger partial charge < -0.3 is 15.7 Å². The summed E-state index contributed by atoms with van der Waals surface area (Å²) in [5, 5.41) is 14.8. The van der Waals surface area contributed by atoms with Crippen molar-refractivity contribution in [1.29, 1.82) is 0 Å². The zero-order chi connectivity index (χ0) is 20.1. The number of amides is 2. The summed E-state index contributed by atoms with van der Waals surface area (Å²) in [5.74, 6) is -2.50. The van der Waals surface area contributed by atoms with Gasteiger partial charge in [-0.3, -0.25) is 9.59 Å². The summed E-state index contributed by atoms with van der Waals surface area (Å²) in [5.41, 5.74) is 0.774. The van der Waals surface area contributed by atoms with Gasteiger partial charge >= 0.3 is 5.97 Å². The fraction of sp³-hybridized carbons (Fsp3) is 0.316. The molecule has 1 heterocycles. The molecule has 3 N–H and O–H groups in total. The van der Waals surface area contributed by atoms with E-state index in [4.69, 9.17) is 0 Å². The van der Waals surface area contributed by atoms with Crippen molar-refractivity contribution in [2.75, 3.05) is 5.32 Å². The summed E-state index contributed by atoms with van der Waals surface area (Å²) in [7, 11) is 0. The Kier molecular flexibility index (Phi) is 6.68. The fourth-order valence-corrected chi connectivity index (χ4v) is 3.47. The lowest BCUT2D eigenvalue weighted by Gasteiger charge is -2.16. The smallest absolute Gasteiger partial charge is 0.326 e. The van der Waals surface area contributed by atoms with Gasteiger partial charge in [-0.25, -0.2) is 9.18 Å². The van der Waals surface area contributed by atoms with Gasteiger partial charge in [0.2, 0.25) is 0 Å². The topological polar surface area (TPSA) is 95.5 Å². The van der Waals surface area contributed by atoms with Crippen molar-refractivity contribution in [3.63, 3.8) is 0 Å². The Hall–Kier alpha value is -2.74. The number of halogens is 1. The van der Waals surface area contributed by atoms with Crippen molar-refractivity contribution in [1.82, 2.24) is 5.32 Å². The van der Waals surface area contributed by atoms with E-state index in [0.717, 1.165) is 17.4 Å². The van der Waals surface area contributed by atoms with Gasteiger partial charge in [-0.1, -0.05) is 19.9 Å². The summed E-state index contributed by atoms with van der Waals surface area (Å²) in [6.07, 6.45) is 0.314. The van der Waals surface area contributed by atoms with Crippen LogP contribution >= 0.6 is 11.3 Å². The van der Waals surface area contributed by atoms with Crippen LogP contribution in [0.1, 0.15) is 45.9 Å². The molecule has 8 heteroatoms. The number of thiophene rings is 1. The molecule has 0 aliphatic heterocycles. The molecule has 1 aromatic carbocycles. The van der Waals surface area contributed by atoms with E-state index < -0.39 is 29.6 Å². The van der Waals surface area contributed by atoms with Crippen molar-refractivity contribution >= 4 is 34.1 Å². The Morgan fingerprint density at radius 2 is 1.89 bits per heavy atom. The number of nitrogens with one attached hydrogen (secondary N) is 2. The molecule has 1 aromatic heterocycles. The van der Waals surface area contributed by atoms with Crippen molar-refractivity contribution in [3.8, 4) is 0 Å². The summed E-state index contributed by atoms with van der Waals surface area (Å²) in [4.78, 5) is 36.3. The molecule has 1 unspecified atom stereocenters. The van der Waals surface area contributed by atoms with E-state index in [1.54, 1.807) is 13.0 Å². The Morgan fingerprint density at radius 1 is 1.19 bits per heavy atom. The van der Waals surface area contributed by atoms with E-state index in [2.05, 4.69) is 10.6 Å². The van der Waals surface area contributed by atoms with E-state index in [9.17, 15) is 23.9 Å². The Bertz CT molecular complexity index is 863. The molecule has 0 saturated heterocycles. The number of benzene rings is 1. The lowest BCUT2D eigenvalue weighted by molar-refractivity contribution is -0.139. The average molecular weight is 392 g/mol. The Morgan fingerprint density at radius 3 is 2.48 bits per heavy atom. The number of carbonyl (C=O) groups is 3. The molecule has 144 valence electrons. The standard InChI is InChI=1S/C19H21FN2O4S/c1-10(2)7-14(19(25)26)21-18(24)16-11(3)8-15(27-16)22-17(23)12-5-4-6-13(20)9-12/h4-6,8-10,14H,7H2,1-3H3,(H,21,24)(H,22,23)(H,25,26). The molecular formula is C19H21FN2O4S. The molecule has 2 aromatic rings. The first-order chi connectivity index (χ1) is 12.7. The normalized spacial score (nSPS) is 11.9. The third-order valence-corrected chi connectivity index (χ3v) is 4.91. The average Bonchev–Trinajstić information content (AvgIpc) is 2.94. The third-order valence-electron chi connectivity index (χ3n) is 3.76. The van der Waals surface area contributed by atoms with Gasteiger partial charge in [0.1, 0.15) is 11.9 Å². The minimum absolute atomic E-state index is 0.108. The monoisotopic (exact) mass is 392 g/mol. The van der Waals surface area contributed by atoms with Crippen molar-refractivity contribution in [2.24, 2.45) is 5.92 Å². The number of rotatable bonds is 7. The molecule has 0 aliphatic rings. The van der Waals surface area contributed by atoms with Crippen LogP contribution in [-0.2, 0) is 4.79 Å². The number of aliphatic carboxylic acids is 1. The molecule has 27 heavy (non-hydrogen) atoms. The second-order valence-corrected chi connectivity index (χ2v) is 7.63. The minimum atomic E-state index is -1.09. The van der Waals surface area contributed by atoms with Gasteiger partial charge in [0.05, 0.1) is 9.88 Å². The first-order valence-corrected chi connectivity index (χ1v) is 9.20. The maximum absolute atomic E-state index is 13.2. The zero-order valence-electron chi connectivity index (χ0n) is 15.2. The predicted octanol–water partition coefficient (Wildman–Crippen LogP) is 3.68. The lowest BCUT2D eigenvalue weighted by Crippen LogP contribution is -2.41. The molecule has 0 radical (unpaired) electrons. The molecule has 6 nitrogen and oxygen atoms in total. The van der Waals surface area contributed by atoms with E-state index >= 15 is 0 Å². The summed E-state index contributed by atoms with van der Waals surface area (Å²) >= 11 is 1.04. The van der Waals surface area contributed by atoms with Crippen LogP contribution in [0.2, 0.25) is 0 Å². The number of carbonyl (C=O) groups excluding carboxylic acids is 2. The van der Waals surface area contributed by atoms with Crippen LogP contribution in [-0.4, -0.2) is 28.9 Å². The number of aryl methyl sites for hydroxylation is 1. The Labute approximate surface area is 160 Å². The number of carboxylic acid groups (broad SMARTS) is 1. The van der Waals surface area contributed by atoms with Crippen molar-refractivity contribution < 1.29 is 23.9 Å². The number of hydrogen-bond donors (Lipinski definition) is 3. The van der Waals surface area contributed by atoms with E-state index in [1.165, 1.54) is 18.2 Å². The quantitative estimate of drug-likeness (QED) is 0.670. The highest BCUT2D eigenvalue weighted by Gasteiger charge is 2.24. The van der Waals surface area contributed by atoms with Crippen molar-refractivity contribution in [2.45, 2.75) is 33.2 Å².